The van der Waals surface area contributed by atoms with Gasteiger partial charge in [0.1, 0.15) is 0 Å². The van der Waals surface area contributed by atoms with Crippen LogP contribution in [0.4, 0.5) is 5.69 Å². The normalized spacial score (nSPS) is 12.2. The molecule has 0 fully saturated rings. The highest BCUT2D eigenvalue weighted by Gasteiger charge is 2.13. The van der Waals surface area contributed by atoms with E-state index in [0.29, 0.717) is 17.8 Å². The molecular weight excluding hydrogens is 248 g/mol. The van der Waals surface area contributed by atoms with Gasteiger partial charge in [-0.05, 0) is 24.0 Å². The van der Waals surface area contributed by atoms with E-state index in [1.165, 1.54) is 5.56 Å². The van der Waals surface area contributed by atoms with Crippen LogP contribution in [-0.2, 0) is 0 Å². The topological polar surface area (TPSA) is 34.1 Å². The fraction of sp³-hybridized carbons (Fsp3) is 0.353. The first kappa shape index (κ1) is 14.4. The average Bonchev–Trinajstić information content (AvgIpc) is 2.48. The molecule has 0 radical (unpaired) electrons. The number of methoxy groups -OCH3 is 1. The maximum Gasteiger partial charge on any atom is 0.213 e. The number of ether oxygens (including phenoxy) is 1. The molecule has 2 aromatic rings. The summed E-state index contributed by atoms with van der Waals surface area (Å²) >= 11 is 0. The Morgan fingerprint density at radius 1 is 1.10 bits per heavy atom. The van der Waals surface area contributed by atoms with Gasteiger partial charge in [-0.2, -0.15) is 0 Å². The van der Waals surface area contributed by atoms with Gasteiger partial charge in [-0.1, -0.05) is 44.2 Å². The van der Waals surface area contributed by atoms with E-state index in [-0.39, 0.29) is 0 Å². The second-order valence-corrected chi connectivity index (χ2v) is 5.33. The Balaban J connectivity index is 2.14. The fourth-order valence-corrected chi connectivity index (χ4v) is 2.22. The number of hydrogen-bond acceptors (Lipinski definition) is 3. The van der Waals surface area contributed by atoms with E-state index < -0.39 is 0 Å². The third-order valence-corrected chi connectivity index (χ3v) is 3.20. The molecule has 0 aliphatic rings. The van der Waals surface area contributed by atoms with Crippen molar-refractivity contribution in [2.45, 2.75) is 26.3 Å². The number of rotatable bonds is 6. The van der Waals surface area contributed by atoms with Crippen LogP contribution in [0.2, 0.25) is 0 Å². The fourth-order valence-electron chi connectivity index (χ4n) is 2.22. The lowest BCUT2D eigenvalue weighted by molar-refractivity contribution is 0.398. The third-order valence-electron chi connectivity index (χ3n) is 3.20. The second-order valence-electron chi connectivity index (χ2n) is 5.33. The number of hydrogen-bond donors (Lipinski definition) is 1. The molecular formula is C17H22N2O. The van der Waals surface area contributed by atoms with Gasteiger partial charge in [0.05, 0.1) is 25.0 Å². The van der Waals surface area contributed by atoms with Gasteiger partial charge in [-0.3, -0.25) is 0 Å². The molecule has 0 bridgehead atoms. The van der Waals surface area contributed by atoms with Gasteiger partial charge in [0, 0.05) is 6.07 Å². The van der Waals surface area contributed by atoms with E-state index in [9.17, 15) is 0 Å². The van der Waals surface area contributed by atoms with Crippen molar-refractivity contribution in [2.75, 3.05) is 12.4 Å². The van der Waals surface area contributed by atoms with Crippen LogP contribution in [-0.4, -0.2) is 12.1 Å². The predicted molar refractivity (Wildman–Crippen MR) is 83.0 cm³/mol. The Hall–Kier alpha value is -2.03. The van der Waals surface area contributed by atoms with Gasteiger partial charge in [-0.15, -0.1) is 0 Å². The highest BCUT2D eigenvalue weighted by molar-refractivity contribution is 5.44. The first-order valence-corrected chi connectivity index (χ1v) is 7.00. The van der Waals surface area contributed by atoms with Crippen molar-refractivity contribution in [3.63, 3.8) is 0 Å². The molecule has 1 atom stereocenters. The molecule has 1 aromatic carbocycles. The quantitative estimate of drug-likeness (QED) is 0.850. The summed E-state index contributed by atoms with van der Waals surface area (Å²) in [6.07, 6.45) is 2.89. The summed E-state index contributed by atoms with van der Waals surface area (Å²) in [6.45, 7) is 4.48. The van der Waals surface area contributed by atoms with Gasteiger partial charge in [0.2, 0.25) is 5.88 Å². The highest BCUT2D eigenvalue weighted by Crippen LogP contribution is 2.26. The summed E-state index contributed by atoms with van der Waals surface area (Å²) in [6, 6.07) is 14.7. The molecule has 20 heavy (non-hydrogen) atoms. The van der Waals surface area contributed by atoms with E-state index in [2.05, 4.69) is 48.4 Å². The SMILES string of the molecule is COc1ccc(NC(CC(C)C)c2ccccc2)cn1. The lowest BCUT2D eigenvalue weighted by Crippen LogP contribution is -2.13. The monoisotopic (exact) mass is 270 g/mol. The van der Waals surface area contributed by atoms with Crippen LogP contribution < -0.4 is 10.1 Å². The molecule has 1 heterocycles. The van der Waals surface area contributed by atoms with E-state index in [1.807, 2.05) is 24.4 Å². The van der Waals surface area contributed by atoms with E-state index in [0.717, 1.165) is 12.1 Å². The third kappa shape index (κ3) is 3.98. The number of pyridine rings is 1. The maximum absolute atomic E-state index is 5.08. The molecule has 3 nitrogen and oxygen atoms in total. The van der Waals surface area contributed by atoms with E-state index in [1.54, 1.807) is 7.11 Å². The molecule has 1 N–H and O–H groups in total. The summed E-state index contributed by atoms with van der Waals surface area (Å²) < 4.78 is 5.08. The summed E-state index contributed by atoms with van der Waals surface area (Å²) in [5.41, 5.74) is 2.32. The number of benzene rings is 1. The van der Waals surface area contributed by atoms with Crippen molar-refractivity contribution in [3.05, 3.63) is 54.2 Å². The predicted octanol–water partition coefficient (Wildman–Crippen LogP) is 4.29. The molecule has 0 aliphatic carbocycles. The molecule has 1 unspecified atom stereocenters. The van der Waals surface area contributed by atoms with Gasteiger partial charge in [0.15, 0.2) is 0 Å². The molecule has 3 heteroatoms. The van der Waals surface area contributed by atoms with Crippen LogP contribution in [0, 0.1) is 5.92 Å². The van der Waals surface area contributed by atoms with Crippen molar-refractivity contribution in [3.8, 4) is 5.88 Å². The van der Waals surface area contributed by atoms with Crippen LogP contribution in [0.15, 0.2) is 48.7 Å². The number of nitrogens with zero attached hydrogens (tertiary/aromatic N) is 1. The minimum Gasteiger partial charge on any atom is -0.481 e. The summed E-state index contributed by atoms with van der Waals surface area (Å²) in [5.74, 6) is 1.26. The number of anilines is 1. The Morgan fingerprint density at radius 2 is 1.85 bits per heavy atom. The first-order valence-electron chi connectivity index (χ1n) is 7.00. The molecule has 0 saturated carbocycles. The van der Waals surface area contributed by atoms with Crippen LogP contribution in [0.1, 0.15) is 31.9 Å². The van der Waals surface area contributed by atoms with Crippen molar-refractivity contribution < 1.29 is 4.74 Å². The zero-order valence-corrected chi connectivity index (χ0v) is 12.3. The Bertz CT molecular complexity index is 508. The van der Waals surface area contributed by atoms with E-state index >= 15 is 0 Å². The van der Waals surface area contributed by atoms with Gasteiger partial charge in [0.25, 0.3) is 0 Å². The Kier molecular flexibility index (Phi) is 4.99. The molecule has 106 valence electrons. The Labute approximate surface area is 121 Å². The van der Waals surface area contributed by atoms with Gasteiger partial charge >= 0.3 is 0 Å². The van der Waals surface area contributed by atoms with E-state index in [4.69, 9.17) is 4.74 Å². The Morgan fingerprint density at radius 3 is 2.40 bits per heavy atom. The van der Waals surface area contributed by atoms with Crippen LogP contribution >= 0.6 is 0 Å². The van der Waals surface area contributed by atoms with Crippen LogP contribution in [0.25, 0.3) is 0 Å². The maximum atomic E-state index is 5.08. The van der Waals surface area contributed by atoms with Gasteiger partial charge < -0.3 is 10.1 Å². The zero-order chi connectivity index (χ0) is 14.4. The molecule has 0 aliphatic heterocycles. The second kappa shape index (κ2) is 6.94. The molecule has 1 aromatic heterocycles. The van der Waals surface area contributed by atoms with Crippen LogP contribution in [0.5, 0.6) is 5.88 Å². The number of nitrogens with one attached hydrogen (secondary N) is 1. The smallest absolute Gasteiger partial charge is 0.213 e. The largest absolute Gasteiger partial charge is 0.481 e. The average molecular weight is 270 g/mol. The molecule has 2 rings (SSSR count). The first-order chi connectivity index (χ1) is 9.69. The standard InChI is InChI=1S/C17H22N2O/c1-13(2)11-16(14-7-5-4-6-8-14)19-15-9-10-17(20-3)18-12-15/h4-10,12-13,16,19H,11H2,1-3H3. The van der Waals surface area contributed by atoms with Crippen molar-refractivity contribution in [2.24, 2.45) is 5.92 Å². The lowest BCUT2D eigenvalue weighted by atomic mass is 9.97. The minimum atomic E-state index is 0.298. The minimum absolute atomic E-state index is 0.298. The molecule has 0 saturated heterocycles. The highest BCUT2D eigenvalue weighted by atomic mass is 16.5. The summed E-state index contributed by atoms with van der Waals surface area (Å²) in [5, 5.41) is 3.56. The van der Waals surface area contributed by atoms with Crippen molar-refractivity contribution >= 4 is 5.69 Å². The van der Waals surface area contributed by atoms with Crippen LogP contribution in [0.3, 0.4) is 0 Å². The van der Waals surface area contributed by atoms with Crippen molar-refractivity contribution in [1.82, 2.24) is 4.98 Å². The summed E-state index contributed by atoms with van der Waals surface area (Å²) in [7, 11) is 1.63. The summed E-state index contributed by atoms with van der Waals surface area (Å²) in [4.78, 5) is 4.24. The lowest BCUT2D eigenvalue weighted by Gasteiger charge is -2.22. The zero-order valence-electron chi connectivity index (χ0n) is 12.3. The van der Waals surface area contributed by atoms with Crippen molar-refractivity contribution in [1.29, 1.82) is 0 Å². The van der Waals surface area contributed by atoms with Gasteiger partial charge in [-0.25, -0.2) is 4.98 Å². The molecule has 0 spiro atoms. The number of aromatic nitrogens is 1. The molecule has 0 amide bonds.